The zero-order valence-electron chi connectivity index (χ0n) is 26.2. The van der Waals surface area contributed by atoms with Gasteiger partial charge in [0.2, 0.25) is 0 Å². The number of ether oxygens (including phenoxy) is 3. The van der Waals surface area contributed by atoms with Crippen molar-refractivity contribution in [1.82, 2.24) is 4.57 Å². The van der Waals surface area contributed by atoms with E-state index in [4.69, 9.17) is 19.2 Å². The van der Waals surface area contributed by atoms with Crippen LogP contribution in [0, 0.1) is 10.1 Å². The van der Waals surface area contributed by atoms with Crippen LogP contribution in [0.25, 0.3) is 11.8 Å². The Morgan fingerprint density at radius 1 is 1.04 bits per heavy atom. The van der Waals surface area contributed by atoms with Crippen LogP contribution in [0.15, 0.2) is 82.1 Å². The first kappa shape index (κ1) is 32.2. The molecule has 1 aliphatic rings. The first-order valence-electron chi connectivity index (χ1n) is 14.7. The molecule has 5 rings (SSSR count). The van der Waals surface area contributed by atoms with E-state index >= 15 is 0 Å². The minimum absolute atomic E-state index is 0.0274. The Bertz CT molecular complexity index is 1980. The van der Waals surface area contributed by atoms with Gasteiger partial charge in [0.1, 0.15) is 12.6 Å². The standard InChI is InChI=1S/C34H34N4O7S/c1-6-43-27-18-25(26(38(41)42)19-28(27)45-20-23-11-9-8-10-12-23)31-30(33(40)44-7-2)21(3)37-32(39)29(46-34(37)35-31)17-22-13-15-24(16-14-22)36(4)5/h8-19,31H,6-7,20H2,1-5H3/b29-17-/t31-/m1/s1. The number of fused-ring (bicyclic) bond motifs is 1. The van der Waals surface area contributed by atoms with Crippen LogP contribution < -0.4 is 29.3 Å². The SMILES string of the molecule is CCOC(=O)C1=C(C)n2c(s/c(=C\c3ccc(N(C)C)cc3)c2=O)=N[C@@H]1c1cc(OCC)c(OCc2ccccc2)cc1[N+](=O)[O-]. The number of carbonyl (C=O) groups is 1. The fourth-order valence-electron chi connectivity index (χ4n) is 5.12. The Labute approximate surface area is 269 Å². The lowest BCUT2D eigenvalue weighted by molar-refractivity contribution is -0.385. The van der Waals surface area contributed by atoms with Gasteiger partial charge >= 0.3 is 5.97 Å². The normalized spacial score (nSPS) is 14.4. The number of esters is 1. The lowest BCUT2D eigenvalue weighted by atomic mass is 9.94. The van der Waals surface area contributed by atoms with Crippen molar-refractivity contribution < 1.29 is 23.9 Å². The van der Waals surface area contributed by atoms with Crippen molar-refractivity contribution >= 4 is 40.5 Å². The fraction of sp³-hybridized carbons (Fsp3) is 0.265. The van der Waals surface area contributed by atoms with Gasteiger partial charge in [-0.15, -0.1) is 0 Å². The molecule has 2 heterocycles. The molecule has 12 heteroatoms. The van der Waals surface area contributed by atoms with E-state index in [1.54, 1.807) is 26.8 Å². The van der Waals surface area contributed by atoms with E-state index in [2.05, 4.69) is 0 Å². The van der Waals surface area contributed by atoms with E-state index in [9.17, 15) is 19.7 Å². The number of benzene rings is 3. The van der Waals surface area contributed by atoms with Gasteiger partial charge in [-0.3, -0.25) is 19.5 Å². The van der Waals surface area contributed by atoms with Gasteiger partial charge in [-0.1, -0.05) is 53.8 Å². The number of thiazole rings is 1. The Hall–Kier alpha value is -5.23. The topological polar surface area (TPSA) is 126 Å². The highest BCUT2D eigenvalue weighted by Gasteiger charge is 2.36. The lowest BCUT2D eigenvalue weighted by Gasteiger charge is -2.23. The van der Waals surface area contributed by atoms with Crippen molar-refractivity contribution in [3.05, 3.63) is 119 Å². The maximum atomic E-state index is 13.7. The molecule has 3 aromatic carbocycles. The summed E-state index contributed by atoms with van der Waals surface area (Å²) in [5.41, 5.74) is 2.46. The number of allylic oxidation sites excluding steroid dienone is 1. The second-order valence-electron chi connectivity index (χ2n) is 10.6. The van der Waals surface area contributed by atoms with Crippen molar-refractivity contribution in [2.45, 2.75) is 33.4 Å². The molecule has 0 fully saturated rings. The van der Waals surface area contributed by atoms with Crippen LogP contribution in [0.3, 0.4) is 0 Å². The van der Waals surface area contributed by atoms with Crippen molar-refractivity contribution in [2.75, 3.05) is 32.2 Å². The number of hydrogen-bond acceptors (Lipinski definition) is 10. The van der Waals surface area contributed by atoms with Gasteiger partial charge in [0.05, 0.1) is 39.9 Å². The average molecular weight is 643 g/mol. The number of rotatable bonds is 11. The molecular weight excluding hydrogens is 608 g/mol. The van der Waals surface area contributed by atoms with Gasteiger partial charge in [-0.05, 0) is 56.2 Å². The number of hydrogen-bond donors (Lipinski definition) is 0. The monoisotopic (exact) mass is 642 g/mol. The van der Waals surface area contributed by atoms with Gasteiger partial charge in [0, 0.05) is 25.5 Å². The molecule has 4 aromatic rings. The summed E-state index contributed by atoms with van der Waals surface area (Å²) in [5, 5.41) is 12.5. The summed E-state index contributed by atoms with van der Waals surface area (Å²) in [4.78, 5) is 46.1. The van der Waals surface area contributed by atoms with E-state index in [1.165, 1.54) is 16.7 Å². The quantitative estimate of drug-likeness (QED) is 0.129. The molecule has 0 unspecified atom stereocenters. The number of anilines is 1. The van der Waals surface area contributed by atoms with Crippen LogP contribution in [0.2, 0.25) is 0 Å². The largest absolute Gasteiger partial charge is 0.490 e. The third-order valence-corrected chi connectivity index (χ3v) is 8.35. The summed E-state index contributed by atoms with van der Waals surface area (Å²) in [6, 6.07) is 18.7. The van der Waals surface area contributed by atoms with Gasteiger partial charge in [-0.25, -0.2) is 9.79 Å². The van der Waals surface area contributed by atoms with Gasteiger partial charge < -0.3 is 19.1 Å². The summed E-state index contributed by atoms with van der Waals surface area (Å²) < 4.78 is 19.0. The van der Waals surface area contributed by atoms with E-state index < -0.39 is 16.9 Å². The summed E-state index contributed by atoms with van der Waals surface area (Å²) in [6.07, 6.45) is 1.76. The Morgan fingerprint density at radius 3 is 2.37 bits per heavy atom. The maximum absolute atomic E-state index is 13.7. The maximum Gasteiger partial charge on any atom is 0.338 e. The molecule has 238 valence electrons. The molecule has 46 heavy (non-hydrogen) atoms. The first-order valence-corrected chi connectivity index (χ1v) is 15.5. The van der Waals surface area contributed by atoms with Gasteiger partial charge in [0.25, 0.3) is 11.2 Å². The molecule has 11 nitrogen and oxygen atoms in total. The summed E-state index contributed by atoms with van der Waals surface area (Å²) in [7, 11) is 3.89. The van der Waals surface area contributed by atoms with Gasteiger partial charge in [-0.2, -0.15) is 0 Å². The summed E-state index contributed by atoms with van der Waals surface area (Å²) in [5.74, 6) is -0.279. The van der Waals surface area contributed by atoms with E-state index in [0.29, 0.717) is 9.33 Å². The number of nitrogens with zero attached hydrogens (tertiary/aromatic N) is 4. The predicted octanol–water partition coefficient (Wildman–Crippen LogP) is 4.86. The molecule has 0 radical (unpaired) electrons. The zero-order valence-corrected chi connectivity index (χ0v) is 27.0. The highest BCUT2D eigenvalue weighted by Crippen LogP contribution is 2.43. The Balaban J connectivity index is 1.68. The molecule has 0 bridgehead atoms. The third kappa shape index (κ3) is 6.57. The second kappa shape index (κ2) is 13.8. The van der Waals surface area contributed by atoms with Crippen molar-refractivity contribution in [3.63, 3.8) is 0 Å². The van der Waals surface area contributed by atoms with E-state index in [1.807, 2.05) is 73.6 Å². The molecule has 1 atom stereocenters. The molecule has 0 saturated heterocycles. The Morgan fingerprint density at radius 2 is 1.74 bits per heavy atom. The molecule has 0 aliphatic carbocycles. The Kier molecular flexibility index (Phi) is 9.67. The predicted molar refractivity (Wildman–Crippen MR) is 177 cm³/mol. The minimum atomic E-state index is -1.15. The van der Waals surface area contributed by atoms with Gasteiger partial charge in [0.15, 0.2) is 16.3 Å². The fourth-order valence-corrected chi connectivity index (χ4v) is 6.16. The molecule has 1 aliphatic heterocycles. The smallest absolute Gasteiger partial charge is 0.338 e. The first-order chi connectivity index (χ1) is 22.1. The zero-order chi connectivity index (χ0) is 33.0. The van der Waals surface area contributed by atoms with Crippen LogP contribution in [0.5, 0.6) is 11.5 Å². The molecule has 0 spiro atoms. The van der Waals surface area contributed by atoms with E-state index in [0.717, 1.165) is 28.2 Å². The molecular formula is C34H34N4O7S. The van der Waals surface area contributed by atoms with Crippen LogP contribution >= 0.6 is 11.3 Å². The molecule has 1 aromatic heterocycles. The number of nitro benzene ring substituents is 1. The van der Waals surface area contributed by atoms with Crippen LogP contribution in [0.4, 0.5) is 11.4 Å². The summed E-state index contributed by atoms with van der Waals surface area (Å²) >= 11 is 1.14. The third-order valence-electron chi connectivity index (χ3n) is 7.37. The van der Waals surface area contributed by atoms with Crippen molar-refractivity contribution in [1.29, 1.82) is 0 Å². The molecule has 0 N–H and O–H groups in total. The number of aromatic nitrogens is 1. The summed E-state index contributed by atoms with van der Waals surface area (Å²) in [6.45, 7) is 5.56. The number of carbonyl (C=O) groups excluding carboxylic acids is 1. The minimum Gasteiger partial charge on any atom is -0.490 e. The van der Waals surface area contributed by atoms with Crippen molar-refractivity contribution in [2.24, 2.45) is 4.99 Å². The second-order valence-corrected chi connectivity index (χ2v) is 11.6. The highest BCUT2D eigenvalue weighted by atomic mass is 32.1. The van der Waals surface area contributed by atoms with E-state index in [-0.39, 0.29) is 59.4 Å². The van der Waals surface area contributed by atoms with Crippen LogP contribution in [0.1, 0.15) is 43.5 Å². The number of nitro groups is 1. The highest BCUT2D eigenvalue weighted by molar-refractivity contribution is 7.07. The van der Waals surface area contributed by atoms with Crippen molar-refractivity contribution in [3.8, 4) is 11.5 Å². The lowest BCUT2D eigenvalue weighted by Crippen LogP contribution is -2.35. The van der Waals surface area contributed by atoms with Crippen LogP contribution in [-0.4, -0.2) is 42.8 Å². The molecule has 0 amide bonds. The van der Waals surface area contributed by atoms with Crippen LogP contribution in [-0.2, 0) is 16.1 Å². The molecule has 0 saturated carbocycles. The average Bonchev–Trinajstić information content (AvgIpc) is 3.35.